The molecule has 3 rings (SSSR count). The van der Waals surface area contributed by atoms with Crippen molar-refractivity contribution in [3.63, 3.8) is 0 Å². The number of rotatable bonds is 4. The molecule has 0 aliphatic rings. The van der Waals surface area contributed by atoms with Crippen LogP contribution in [0.15, 0.2) is 42.0 Å². The zero-order valence-corrected chi connectivity index (χ0v) is 12.5. The minimum Gasteiger partial charge on any atom is -0.455 e. The van der Waals surface area contributed by atoms with E-state index in [0.29, 0.717) is 11.3 Å². The predicted octanol–water partition coefficient (Wildman–Crippen LogP) is 3.04. The highest BCUT2D eigenvalue weighted by molar-refractivity contribution is 7.13. The fourth-order valence-corrected chi connectivity index (χ4v) is 2.66. The molecule has 0 spiro atoms. The van der Waals surface area contributed by atoms with Crippen LogP contribution in [0, 0.1) is 5.82 Å². The average Bonchev–Trinajstić information content (AvgIpc) is 3.15. The molecule has 112 valence electrons. The summed E-state index contributed by atoms with van der Waals surface area (Å²) in [6.45, 7) is 0.0887. The molecule has 5 nitrogen and oxygen atoms in total. The molecule has 1 aromatic carbocycles. The standard InChI is InChI=1S/C15H12FN3O2S/c1-19-7-11(6-17-19)15(20)21-8-13-9-22-14(18-13)10-2-4-12(16)5-3-10/h2-7,9H,8H2,1H3. The number of carbonyl (C=O) groups is 1. The van der Waals surface area contributed by atoms with Gasteiger partial charge in [0.05, 0.1) is 17.5 Å². The van der Waals surface area contributed by atoms with E-state index in [0.717, 1.165) is 10.6 Å². The Labute approximate surface area is 130 Å². The lowest BCUT2D eigenvalue weighted by Gasteiger charge is -2.00. The number of hydrogen-bond acceptors (Lipinski definition) is 5. The lowest BCUT2D eigenvalue weighted by atomic mass is 10.2. The van der Waals surface area contributed by atoms with E-state index in [4.69, 9.17) is 4.74 Å². The molecule has 0 saturated heterocycles. The van der Waals surface area contributed by atoms with Crippen LogP contribution in [0.2, 0.25) is 0 Å². The number of aryl methyl sites for hydroxylation is 1. The molecular weight excluding hydrogens is 305 g/mol. The van der Waals surface area contributed by atoms with E-state index in [9.17, 15) is 9.18 Å². The average molecular weight is 317 g/mol. The number of nitrogens with zero attached hydrogens (tertiary/aromatic N) is 3. The van der Waals surface area contributed by atoms with Crippen LogP contribution in [-0.2, 0) is 18.4 Å². The molecule has 0 aliphatic carbocycles. The maximum atomic E-state index is 12.9. The van der Waals surface area contributed by atoms with Crippen LogP contribution < -0.4 is 0 Å². The van der Waals surface area contributed by atoms with Crippen LogP contribution in [-0.4, -0.2) is 20.7 Å². The van der Waals surface area contributed by atoms with Gasteiger partial charge in [0.15, 0.2) is 0 Å². The van der Waals surface area contributed by atoms with Gasteiger partial charge in [-0.2, -0.15) is 5.10 Å². The Kier molecular flexibility index (Phi) is 3.97. The molecule has 2 heterocycles. The third-order valence-corrected chi connectivity index (χ3v) is 3.87. The highest BCUT2D eigenvalue weighted by Crippen LogP contribution is 2.24. The fourth-order valence-electron chi connectivity index (χ4n) is 1.85. The van der Waals surface area contributed by atoms with Crippen LogP contribution in [0.5, 0.6) is 0 Å². The van der Waals surface area contributed by atoms with Gasteiger partial charge in [-0.15, -0.1) is 11.3 Å². The maximum absolute atomic E-state index is 12.9. The van der Waals surface area contributed by atoms with E-state index >= 15 is 0 Å². The van der Waals surface area contributed by atoms with E-state index in [1.807, 2.05) is 5.38 Å². The van der Waals surface area contributed by atoms with Crippen LogP contribution in [0.1, 0.15) is 16.1 Å². The molecule has 0 atom stereocenters. The Morgan fingerprint density at radius 1 is 1.36 bits per heavy atom. The van der Waals surface area contributed by atoms with Gasteiger partial charge in [-0.25, -0.2) is 14.2 Å². The van der Waals surface area contributed by atoms with E-state index in [2.05, 4.69) is 10.1 Å². The van der Waals surface area contributed by atoms with Gasteiger partial charge in [-0.1, -0.05) is 0 Å². The third kappa shape index (κ3) is 3.20. The molecule has 3 aromatic rings. The topological polar surface area (TPSA) is 57.0 Å². The number of benzene rings is 1. The summed E-state index contributed by atoms with van der Waals surface area (Å²) in [6, 6.07) is 6.11. The van der Waals surface area contributed by atoms with Gasteiger partial charge in [-0.05, 0) is 24.3 Å². The Hall–Kier alpha value is -2.54. The number of esters is 1. The Bertz CT molecular complexity index is 795. The summed E-state index contributed by atoms with van der Waals surface area (Å²) in [5.74, 6) is -0.727. The number of halogens is 1. The molecule has 22 heavy (non-hydrogen) atoms. The smallest absolute Gasteiger partial charge is 0.341 e. The van der Waals surface area contributed by atoms with Crippen molar-refractivity contribution >= 4 is 17.3 Å². The first-order valence-electron chi connectivity index (χ1n) is 6.48. The fraction of sp³-hybridized carbons (Fsp3) is 0.133. The van der Waals surface area contributed by atoms with E-state index in [-0.39, 0.29) is 12.4 Å². The minimum absolute atomic E-state index is 0.0887. The first-order valence-corrected chi connectivity index (χ1v) is 7.36. The quantitative estimate of drug-likeness (QED) is 0.694. The van der Waals surface area contributed by atoms with Crippen LogP contribution in [0.3, 0.4) is 0 Å². The van der Waals surface area contributed by atoms with Gasteiger partial charge in [0.25, 0.3) is 0 Å². The molecular formula is C15H12FN3O2S. The van der Waals surface area contributed by atoms with E-state index in [1.54, 1.807) is 25.4 Å². The van der Waals surface area contributed by atoms with Gasteiger partial charge >= 0.3 is 5.97 Å². The van der Waals surface area contributed by atoms with E-state index < -0.39 is 5.97 Å². The number of thiazole rings is 1. The molecule has 0 amide bonds. The highest BCUT2D eigenvalue weighted by atomic mass is 32.1. The monoisotopic (exact) mass is 317 g/mol. The van der Waals surface area contributed by atoms with Gasteiger partial charge < -0.3 is 4.74 Å². The second-order valence-electron chi connectivity index (χ2n) is 4.63. The van der Waals surface area contributed by atoms with Crippen LogP contribution in [0.4, 0.5) is 4.39 Å². The van der Waals surface area contributed by atoms with Crippen molar-refractivity contribution in [3.8, 4) is 10.6 Å². The van der Waals surface area contributed by atoms with Crippen molar-refractivity contribution in [1.82, 2.24) is 14.8 Å². The van der Waals surface area contributed by atoms with Crippen molar-refractivity contribution in [1.29, 1.82) is 0 Å². The van der Waals surface area contributed by atoms with Crippen molar-refractivity contribution in [2.45, 2.75) is 6.61 Å². The van der Waals surface area contributed by atoms with Crippen molar-refractivity contribution < 1.29 is 13.9 Å². The van der Waals surface area contributed by atoms with Gasteiger partial charge in [0.2, 0.25) is 0 Å². The number of hydrogen-bond donors (Lipinski definition) is 0. The Morgan fingerprint density at radius 3 is 2.82 bits per heavy atom. The van der Waals surface area contributed by atoms with Crippen molar-refractivity contribution in [2.24, 2.45) is 7.05 Å². The highest BCUT2D eigenvalue weighted by Gasteiger charge is 2.11. The summed E-state index contributed by atoms with van der Waals surface area (Å²) < 4.78 is 19.6. The van der Waals surface area contributed by atoms with E-state index in [1.165, 1.54) is 34.3 Å². The first-order chi connectivity index (χ1) is 10.6. The molecule has 0 aliphatic heterocycles. The number of ether oxygens (including phenoxy) is 1. The minimum atomic E-state index is -0.440. The molecule has 0 N–H and O–H groups in total. The molecule has 0 unspecified atom stereocenters. The number of carbonyl (C=O) groups excluding carboxylic acids is 1. The maximum Gasteiger partial charge on any atom is 0.341 e. The molecule has 0 radical (unpaired) electrons. The second-order valence-corrected chi connectivity index (χ2v) is 5.49. The molecule has 0 saturated carbocycles. The number of aromatic nitrogens is 3. The molecule has 0 fully saturated rings. The molecule has 0 bridgehead atoms. The van der Waals surface area contributed by atoms with Gasteiger partial charge in [0, 0.05) is 24.2 Å². The molecule has 2 aromatic heterocycles. The lowest BCUT2D eigenvalue weighted by Crippen LogP contribution is -2.04. The summed E-state index contributed by atoms with van der Waals surface area (Å²) in [7, 11) is 1.73. The summed E-state index contributed by atoms with van der Waals surface area (Å²) >= 11 is 1.42. The largest absolute Gasteiger partial charge is 0.455 e. The second kappa shape index (κ2) is 6.07. The zero-order valence-electron chi connectivity index (χ0n) is 11.7. The SMILES string of the molecule is Cn1cc(C(=O)OCc2csc(-c3ccc(F)cc3)n2)cn1. The van der Waals surface area contributed by atoms with Crippen LogP contribution in [0.25, 0.3) is 10.6 Å². The Morgan fingerprint density at radius 2 is 2.14 bits per heavy atom. The van der Waals surface area contributed by atoms with Gasteiger partial charge in [0.1, 0.15) is 17.4 Å². The summed E-state index contributed by atoms with van der Waals surface area (Å²) in [6.07, 6.45) is 3.04. The van der Waals surface area contributed by atoms with Crippen molar-refractivity contribution in [2.75, 3.05) is 0 Å². The molecule has 7 heteroatoms. The summed E-state index contributed by atoms with van der Waals surface area (Å²) in [4.78, 5) is 16.2. The van der Waals surface area contributed by atoms with Gasteiger partial charge in [-0.3, -0.25) is 4.68 Å². The Balaban J connectivity index is 1.64. The van der Waals surface area contributed by atoms with Crippen LogP contribution >= 0.6 is 11.3 Å². The lowest BCUT2D eigenvalue weighted by molar-refractivity contribution is 0.0468. The summed E-state index contributed by atoms with van der Waals surface area (Å²) in [5.41, 5.74) is 1.88. The predicted molar refractivity (Wildman–Crippen MR) is 79.8 cm³/mol. The third-order valence-electron chi connectivity index (χ3n) is 2.93. The zero-order chi connectivity index (χ0) is 15.5. The summed E-state index contributed by atoms with van der Waals surface area (Å²) in [5, 5.41) is 6.49. The normalized spacial score (nSPS) is 10.6. The van der Waals surface area contributed by atoms with Crippen molar-refractivity contribution in [3.05, 3.63) is 59.1 Å². The first kappa shape index (κ1) is 14.4.